The molecule has 108 valence electrons. The standard InChI is InChI=1S/C15H15N3O2S/c1-3-14-17-18-15(21-14)16-13(19)7-10-8-20-12-6-9(2)4-5-11(10)12/h4-6,8H,3,7H2,1-2H3,(H,16,18,19). The van der Waals surface area contributed by atoms with Crippen LogP contribution in [-0.4, -0.2) is 16.1 Å². The molecule has 0 aliphatic heterocycles. The van der Waals surface area contributed by atoms with Gasteiger partial charge in [-0.2, -0.15) is 0 Å². The van der Waals surface area contributed by atoms with Gasteiger partial charge in [-0.15, -0.1) is 10.2 Å². The van der Waals surface area contributed by atoms with Crippen LogP contribution in [0.25, 0.3) is 11.0 Å². The van der Waals surface area contributed by atoms with E-state index in [1.54, 1.807) is 6.26 Å². The Bertz CT molecular complexity index is 791. The van der Waals surface area contributed by atoms with Gasteiger partial charge in [0.15, 0.2) is 0 Å². The zero-order valence-electron chi connectivity index (χ0n) is 11.8. The summed E-state index contributed by atoms with van der Waals surface area (Å²) in [6, 6.07) is 5.96. The Morgan fingerprint density at radius 1 is 1.38 bits per heavy atom. The number of benzene rings is 1. The first-order chi connectivity index (χ1) is 10.2. The van der Waals surface area contributed by atoms with Crippen LogP contribution in [-0.2, 0) is 17.6 Å². The van der Waals surface area contributed by atoms with Gasteiger partial charge >= 0.3 is 0 Å². The van der Waals surface area contributed by atoms with Crippen LogP contribution >= 0.6 is 11.3 Å². The third kappa shape index (κ3) is 2.95. The van der Waals surface area contributed by atoms with Gasteiger partial charge in [0.25, 0.3) is 0 Å². The van der Waals surface area contributed by atoms with Gasteiger partial charge in [-0.3, -0.25) is 4.79 Å². The summed E-state index contributed by atoms with van der Waals surface area (Å²) in [6.07, 6.45) is 2.72. The molecule has 1 aromatic carbocycles. The molecular weight excluding hydrogens is 286 g/mol. The van der Waals surface area contributed by atoms with Crippen LogP contribution in [0.4, 0.5) is 5.13 Å². The third-order valence-corrected chi connectivity index (χ3v) is 4.16. The molecule has 0 aliphatic rings. The second-order valence-corrected chi connectivity index (χ2v) is 5.90. The third-order valence-electron chi connectivity index (χ3n) is 3.18. The highest BCUT2D eigenvalue weighted by molar-refractivity contribution is 7.15. The molecule has 2 heterocycles. The molecule has 0 bridgehead atoms. The van der Waals surface area contributed by atoms with Gasteiger partial charge in [0.1, 0.15) is 10.6 Å². The topological polar surface area (TPSA) is 68.0 Å². The van der Waals surface area contributed by atoms with Gasteiger partial charge in [0.2, 0.25) is 11.0 Å². The number of aromatic nitrogens is 2. The monoisotopic (exact) mass is 301 g/mol. The van der Waals surface area contributed by atoms with Crippen molar-refractivity contribution in [2.24, 2.45) is 0 Å². The quantitative estimate of drug-likeness (QED) is 0.802. The summed E-state index contributed by atoms with van der Waals surface area (Å²) in [5.74, 6) is -0.114. The summed E-state index contributed by atoms with van der Waals surface area (Å²) in [7, 11) is 0. The summed E-state index contributed by atoms with van der Waals surface area (Å²) in [6.45, 7) is 4.01. The minimum atomic E-state index is -0.114. The number of anilines is 1. The summed E-state index contributed by atoms with van der Waals surface area (Å²) in [4.78, 5) is 12.1. The lowest BCUT2D eigenvalue weighted by atomic mass is 10.1. The molecule has 3 rings (SSSR count). The van der Waals surface area contributed by atoms with E-state index in [0.717, 1.165) is 33.5 Å². The molecule has 0 spiro atoms. The minimum absolute atomic E-state index is 0.114. The average molecular weight is 301 g/mol. The maximum Gasteiger partial charge on any atom is 0.230 e. The highest BCUT2D eigenvalue weighted by Crippen LogP contribution is 2.23. The molecule has 3 aromatic rings. The number of nitrogens with zero attached hydrogens (tertiary/aromatic N) is 2. The first-order valence-electron chi connectivity index (χ1n) is 6.74. The molecule has 0 fully saturated rings. The largest absolute Gasteiger partial charge is 0.464 e. The molecule has 0 radical (unpaired) electrons. The van der Waals surface area contributed by atoms with Crippen LogP contribution in [0, 0.1) is 6.92 Å². The van der Waals surface area contributed by atoms with Crippen LogP contribution in [0.15, 0.2) is 28.9 Å². The second-order valence-electron chi connectivity index (χ2n) is 4.84. The zero-order valence-corrected chi connectivity index (χ0v) is 12.7. The fraction of sp³-hybridized carbons (Fsp3) is 0.267. The Morgan fingerprint density at radius 2 is 2.24 bits per heavy atom. The van der Waals surface area contributed by atoms with E-state index in [9.17, 15) is 4.79 Å². The van der Waals surface area contributed by atoms with Crippen LogP contribution in [0.5, 0.6) is 0 Å². The molecule has 0 unspecified atom stereocenters. The lowest BCUT2D eigenvalue weighted by Crippen LogP contribution is -2.13. The number of hydrogen-bond donors (Lipinski definition) is 1. The van der Waals surface area contributed by atoms with E-state index in [2.05, 4.69) is 15.5 Å². The van der Waals surface area contributed by atoms with Crippen molar-refractivity contribution < 1.29 is 9.21 Å². The molecular formula is C15H15N3O2S. The Morgan fingerprint density at radius 3 is 3.00 bits per heavy atom. The smallest absolute Gasteiger partial charge is 0.230 e. The highest BCUT2D eigenvalue weighted by Gasteiger charge is 2.12. The zero-order chi connectivity index (χ0) is 14.8. The Hall–Kier alpha value is -2.21. The van der Waals surface area contributed by atoms with Gasteiger partial charge in [0, 0.05) is 10.9 Å². The van der Waals surface area contributed by atoms with Crippen molar-refractivity contribution in [3.8, 4) is 0 Å². The van der Waals surface area contributed by atoms with Gasteiger partial charge in [-0.05, 0) is 25.0 Å². The molecule has 21 heavy (non-hydrogen) atoms. The molecule has 5 nitrogen and oxygen atoms in total. The van der Waals surface area contributed by atoms with E-state index in [1.165, 1.54) is 11.3 Å². The van der Waals surface area contributed by atoms with Gasteiger partial charge in [-0.25, -0.2) is 0 Å². The SMILES string of the molecule is CCc1nnc(NC(=O)Cc2coc3cc(C)ccc23)s1. The number of amides is 1. The van der Waals surface area contributed by atoms with Crippen molar-refractivity contribution in [1.29, 1.82) is 0 Å². The van der Waals surface area contributed by atoms with E-state index < -0.39 is 0 Å². The molecule has 0 saturated heterocycles. The summed E-state index contributed by atoms with van der Waals surface area (Å²) in [5, 5.41) is 13.1. The first-order valence-corrected chi connectivity index (χ1v) is 7.56. The number of carbonyl (C=O) groups excluding carboxylic acids is 1. The van der Waals surface area contributed by atoms with Gasteiger partial charge < -0.3 is 9.73 Å². The summed E-state index contributed by atoms with van der Waals surface area (Å²) in [5.41, 5.74) is 2.82. The molecule has 0 saturated carbocycles. The molecule has 0 aliphatic carbocycles. The van der Waals surface area contributed by atoms with Crippen molar-refractivity contribution in [3.63, 3.8) is 0 Å². The van der Waals surface area contributed by atoms with E-state index in [4.69, 9.17) is 4.42 Å². The fourth-order valence-corrected chi connectivity index (χ4v) is 2.81. The number of fused-ring (bicyclic) bond motifs is 1. The molecule has 0 atom stereocenters. The van der Waals surface area contributed by atoms with Crippen molar-refractivity contribution in [3.05, 3.63) is 40.6 Å². The van der Waals surface area contributed by atoms with Gasteiger partial charge in [-0.1, -0.05) is 30.4 Å². The summed E-state index contributed by atoms with van der Waals surface area (Å²) >= 11 is 1.40. The number of aryl methyl sites for hydroxylation is 2. The van der Waals surface area contributed by atoms with Crippen molar-refractivity contribution in [2.75, 3.05) is 5.32 Å². The number of carbonyl (C=O) groups is 1. The number of hydrogen-bond acceptors (Lipinski definition) is 5. The predicted octanol–water partition coefficient (Wildman–Crippen LogP) is 3.34. The number of furan rings is 1. The van der Waals surface area contributed by atoms with Gasteiger partial charge in [0.05, 0.1) is 12.7 Å². The lowest BCUT2D eigenvalue weighted by molar-refractivity contribution is -0.115. The molecule has 6 heteroatoms. The Balaban J connectivity index is 1.74. The predicted molar refractivity (Wildman–Crippen MR) is 82.6 cm³/mol. The van der Waals surface area contributed by atoms with E-state index in [1.807, 2.05) is 32.0 Å². The Labute approximate surface area is 126 Å². The normalized spacial score (nSPS) is 11.0. The van der Waals surface area contributed by atoms with Crippen LogP contribution in [0.2, 0.25) is 0 Å². The molecule has 1 N–H and O–H groups in total. The van der Waals surface area contributed by atoms with E-state index in [0.29, 0.717) is 5.13 Å². The number of rotatable bonds is 4. The highest BCUT2D eigenvalue weighted by atomic mass is 32.1. The average Bonchev–Trinajstić information content (AvgIpc) is 3.06. The van der Waals surface area contributed by atoms with Crippen LogP contribution in [0.3, 0.4) is 0 Å². The number of nitrogens with one attached hydrogen (secondary N) is 1. The van der Waals surface area contributed by atoms with Crippen molar-refractivity contribution in [1.82, 2.24) is 10.2 Å². The maximum absolute atomic E-state index is 12.1. The first kappa shape index (κ1) is 13.8. The van der Waals surface area contributed by atoms with Crippen molar-refractivity contribution >= 4 is 33.3 Å². The minimum Gasteiger partial charge on any atom is -0.464 e. The summed E-state index contributed by atoms with van der Waals surface area (Å²) < 4.78 is 5.50. The fourth-order valence-electron chi connectivity index (χ4n) is 2.11. The maximum atomic E-state index is 12.1. The second kappa shape index (κ2) is 5.65. The van der Waals surface area contributed by atoms with E-state index >= 15 is 0 Å². The van der Waals surface area contributed by atoms with Crippen LogP contribution in [0.1, 0.15) is 23.1 Å². The van der Waals surface area contributed by atoms with E-state index in [-0.39, 0.29) is 12.3 Å². The molecule has 1 amide bonds. The molecule has 2 aromatic heterocycles. The van der Waals surface area contributed by atoms with Crippen molar-refractivity contribution in [2.45, 2.75) is 26.7 Å². The Kier molecular flexibility index (Phi) is 3.70. The van der Waals surface area contributed by atoms with Crippen LogP contribution < -0.4 is 5.32 Å². The lowest BCUT2D eigenvalue weighted by Gasteiger charge is -1.99.